The summed E-state index contributed by atoms with van der Waals surface area (Å²) in [5.41, 5.74) is 0.873. The van der Waals surface area contributed by atoms with Crippen LogP contribution in [0, 0.1) is 0 Å². The van der Waals surface area contributed by atoms with Crippen LogP contribution >= 0.6 is 15.9 Å². The van der Waals surface area contributed by atoms with Crippen LogP contribution in [-0.2, 0) is 13.5 Å². The zero-order valence-electron chi connectivity index (χ0n) is 8.84. The quantitative estimate of drug-likeness (QED) is 0.934. The summed E-state index contributed by atoms with van der Waals surface area (Å²) in [5.74, 6) is 0.771. The average Bonchev–Trinajstić information content (AvgIpc) is 2.64. The number of rotatable bonds is 3. The minimum atomic E-state index is -0.555. The number of aliphatic hydroxyl groups excluding tert-OH is 1. The zero-order valence-corrected chi connectivity index (χ0v) is 10.4. The summed E-state index contributed by atoms with van der Waals surface area (Å²) in [7, 11) is 1.82. The van der Waals surface area contributed by atoms with Crippen molar-refractivity contribution in [3.63, 3.8) is 0 Å². The van der Waals surface area contributed by atoms with E-state index >= 15 is 0 Å². The number of halogens is 1. The number of benzene rings is 1. The van der Waals surface area contributed by atoms with E-state index < -0.39 is 6.10 Å². The lowest BCUT2D eigenvalue weighted by Crippen LogP contribution is -2.07. The van der Waals surface area contributed by atoms with Crippen LogP contribution < -0.4 is 0 Å². The smallest absolute Gasteiger partial charge is 0.138 e. The Labute approximate surface area is 102 Å². The summed E-state index contributed by atoms with van der Waals surface area (Å²) in [6.45, 7) is 0. The van der Waals surface area contributed by atoms with Crippen molar-refractivity contribution in [3.8, 4) is 0 Å². The SMILES string of the molecule is Cn1ncnc1CC(O)c1cccc(Br)c1. The lowest BCUT2D eigenvalue weighted by Gasteiger charge is -2.10. The molecule has 0 aliphatic heterocycles. The molecule has 2 aromatic rings. The third kappa shape index (κ3) is 2.48. The van der Waals surface area contributed by atoms with Gasteiger partial charge in [-0.15, -0.1) is 0 Å². The molecule has 0 fully saturated rings. The van der Waals surface area contributed by atoms with Gasteiger partial charge in [0.15, 0.2) is 0 Å². The van der Waals surface area contributed by atoms with E-state index in [2.05, 4.69) is 26.0 Å². The van der Waals surface area contributed by atoms with Crippen LogP contribution in [0.3, 0.4) is 0 Å². The van der Waals surface area contributed by atoms with E-state index in [-0.39, 0.29) is 0 Å². The minimum absolute atomic E-state index is 0.465. The molecule has 1 atom stereocenters. The molecule has 0 spiro atoms. The Bertz CT molecular complexity index is 484. The predicted molar refractivity (Wildman–Crippen MR) is 63.8 cm³/mol. The van der Waals surface area contributed by atoms with Gasteiger partial charge in [0.25, 0.3) is 0 Å². The van der Waals surface area contributed by atoms with Gasteiger partial charge in [0.2, 0.25) is 0 Å². The van der Waals surface area contributed by atoms with Gasteiger partial charge in [-0.2, -0.15) is 5.10 Å². The van der Waals surface area contributed by atoms with Crippen molar-refractivity contribution in [3.05, 3.63) is 46.5 Å². The van der Waals surface area contributed by atoms with Gasteiger partial charge < -0.3 is 5.11 Å². The highest BCUT2D eigenvalue weighted by Gasteiger charge is 2.11. The number of hydrogen-bond donors (Lipinski definition) is 1. The molecule has 1 N–H and O–H groups in total. The lowest BCUT2D eigenvalue weighted by molar-refractivity contribution is 0.174. The maximum Gasteiger partial charge on any atom is 0.138 e. The van der Waals surface area contributed by atoms with E-state index in [0.717, 1.165) is 15.9 Å². The maximum absolute atomic E-state index is 10.0. The molecule has 0 radical (unpaired) electrons. The van der Waals surface area contributed by atoms with Crippen LogP contribution in [0.15, 0.2) is 35.1 Å². The Morgan fingerprint density at radius 2 is 2.31 bits per heavy atom. The first-order valence-electron chi connectivity index (χ1n) is 4.93. The van der Waals surface area contributed by atoms with Gasteiger partial charge in [-0.25, -0.2) is 4.98 Å². The molecule has 5 heteroatoms. The standard InChI is InChI=1S/C11H12BrN3O/c1-15-11(13-7-14-15)6-10(16)8-3-2-4-9(12)5-8/h2-5,7,10,16H,6H2,1H3. The van der Waals surface area contributed by atoms with Gasteiger partial charge in [0.05, 0.1) is 6.10 Å². The van der Waals surface area contributed by atoms with E-state index in [1.165, 1.54) is 6.33 Å². The molecule has 2 rings (SSSR count). The lowest BCUT2D eigenvalue weighted by atomic mass is 10.1. The van der Waals surface area contributed by atoms with Gasteiger partial charge in [-0.05, 0) is 17.7 Å². The number of nitrogens with zero attached hydrogens (tertiary/aromatic N) is 3. The molecule has 0 saturated carbocycles. The Morgan fingerprint density at radius 1 is 1.50 bits per heavy atom. The molecule has 1 aromatic carbocycles. The second-order valence-corrected chi connectivity index (χ2v) is 4.49. The second-order valence-electron chi connectivity index (χ2n) is 3.57. The van der Waals surface area contributed by atoms with Crippen molar-refractivity contribution in [2.24, 2.45) is 7.05 Å². The van der Waals surface area contributed by atoms with Crippen LogP contribution in [0.2, 0.25) is 0 Å². The number of aryl methyl sites for hydroxylation is 1. The summed E-state index contributed by atoms with van der Waals surface area (Å²) in [6.07, 6.45) is 1.40. The molecular weight excluding hydrogens is 270 g/mol. The Balaban J connectivity index is 2.14. The summed E-state index contributed by atoms with van der Waals surface area (Å²) < 4.78 is 2.63. The Morgan fingerprint density at radius 3 is 2.94 bits per heavy atom. The molecule has 1 unspecified atom stereocenters. The molecule has 0 bridgehead atoms. The van der Waals surface area contributed by atoms with Crippen molar-refractivity contribution >= 4 is 15.9 Å². The molecule has 0 aliphatic rings. The molecule has 0 aliphatic carbocycles. The summed E-state index contributed by atoms with van der Waals surface area (Å²) in [6, 6.07) is 7.63. The fourth-order valence-corrected chi connectivity index (χ4v) is 1.93. The van der Waals surface area contributed by atoms with Crippen molar-refractivity contribution in [1.82, 2.24) is 14.8 Å². The van der Waals surface area contributed by atoms with Gasteiger partial charge in [-0.3, -0.25) is 4.68 Å². The molecule has 84 valence electrons. The van der Waals surface area contributed by atoms with Crippen LogP contribution in [0.1, 0.15) is 17.5 Å². The average molecular weight is 282 g/mol. The monoisotopic (exact) mass is 281 g/mol. The summed E-state index contributed by atoms with van der Waals surface area (Å²) in [5, 5.41) is 14.0. The first kappa shape index (κ1) is 11.3. The fourth-order valence-electron chi connectivity index (χ4n) is 1.51. The molecular formula is C11H12BrN3O. The van der Waals surface area contributed by atoms with Crippen LogP contribution in [-0.4, -0.2) is 19.9 Å². The molecule has 4 nitrogen and oxygen atoms in total. The fraction of sp³-hybridized carbons (Fsp3) is 0.273. The second kappa shape index (κ2) is 4.76. The van der Waals surface area contributed by atoms with Crippen molar-refractivity contribution < 1.29 is 5.11 Å². The predicted octanol–water partition coefficient (Wildman–Crippen LogP) is 1.85. The first-order chi connectivity index (χ1) is 7.66. The summed E-state index contributed by atoms with van der Waals surface area (Å²) in [4.78, 5) is 4.08. The Kier molecular flexibility index (Phi) is 3.36. The van der Waals surface area contributed by atoms with Crippen LogP contribution in [0.4, 0.5) is 0 Å². The van der Waals surface area contributed by atoms with E-state index in [4.69, 9.17) is 0 Å². The highest BCUT2D eigenvalue weighted by atomic mass is 79.9. The molecule has 16 heavy (non-hydrogen) atoms. The number of aliphatic hydroxyl groups is 1. The van der Waals surface area contributed by atoms with Crippen LogP contribution in [0.5, 0.6) is 0 Å². The first-order valence-corrected chi connectivity index (χ1v) is 5.72. The van der Waals surface area contributed by atoms with Gasteiger partial charge in [0.1, 0.15) is 12.2 Å². The van der Waals surface area contributed by atoms with Crippen molar-refractivity contribution in [1.29, 1.82) is 0 Å². The molecule has 1 heterocycles. The zero-order chi connectivity index (χ0) is 11.5. The van der Waals surface area contributed by atoms with E-state index in [9.17, 15) is 5.11 Å². The number of hydrogen-bond acceptors (Lipinski definition) is 3. The summed E-state index contributed by atoms with van der Waals surface area (Å²) >= 11 is 3.38. The maximum atomic E-state index is 10.0. The molecule has 0 saturated heterocycles. The highest BCUT2D eigenvalue weighted by molar-refractivity contribution is 9.10. The Hall–Kier alpha value is -1.20. The van der Waals surface area contributed by atoms with Gasteiger partial charge in [0, 0.05) is 17.9 Å². The highest BCUT2D eigenvalue weighted by Crippen LogP contribution is 2.20. The molecule has 1 aromatic heterocycles. The normalized spacial score (nSPS) is 12.7. The topological polar surface area (TPSA) is 50.9 Å². The third-order valence-electron chi connectivity index (χ3n) is 2.41. The van der Waals surface area contributed by atoms with Crippen LogP contribution in [0.25, 0.3) is 0 Å². The van der Waals surface area contributed by atoms with E-state index in [1.807, 2.05) is 31.3 Å². The molecule has 0 amide bonds. The number of aromatic nitrogens is 3. The third-order valence-corrected chi connectivity index (χ3v) is 2.91. The minimum Gasteiger partial charge on any atom is -0.388 e. The van der Waals surface area contributed by atoms with Gasteiger partial charge >= 0.3 is 0 Å². The van der Waals surface area contributed by atoms with Crippen molar-refractivity contribution in [2.75, 3.05) is 0 Å². The van der Waals surface area contributed by atoms with E-state index in [0.29, 0.717) is 6.42 Å². The van der Waals surface area contributed by atoms with Crippen molar-refractivity contribution in [2.45, 2.75) is 12.5 Å². The largest absolute Gasteiger partial charge is 0.388 e. The van der Waals surface area contributed by atoms with Gasteiger partial charge in [-0.1, -0.05) is 28.1 Å². The van der Waals surface area contributed by atoms with E-state index in [1.54, 1.807) is 4.68 Å².